The molecule has 0 aromatic rings. The first-order chi connectivity index (χ1) is 12.5. The molecule has 0 heterocycles. The van der Waals surface area contributed by atoms with Crippen LogP contribution in [0.2, 0.25) is 0 Å². The Bertz CT molecular complexity index is 536. The molecule has 0 spiro atoms. The SMILES string of the molecule is CCCCCC[C@H]1CC[C@H]2[C@@H]3CC=C4C[C@@H](O)CC[C@]4(C)[C@H]3CC[C@]12C. The monoisotopic (exact) mass is 358 g/mol. The fourth-order valence-corrected chi connectivity index (χ4v) is 8.04. The van der Waals surface area contributed by atoms with Crippen LogP contribution in [0.4, 0.5) is 0 Å². The van der Waals surface area contributed by atoms with Crippen LogP contribution in [0.15, 0.2) is 11.6 Å². The number of fused-ring (bicyclic) bond motifs is 5. The third kappa shape index (κ3) is 3.01. The summed E-state index contributed by atoms with van der Waals surface area (Å²) in [6.45, 7) is 7.56. The van der Waals surface area contributed by atoms with E-state index < -0.39 is 0 Å². The number of hydrogen-bond donors (Lipinski definition) is 1. The Hall–Kier alpha value is -0.300. The minimum Gasteiger partial charge on any atom is -0.393 e. The number of unbranched alkanes of at least 4 members (excludes halogenated alkanes) is 3. The van der Waals surface area contributed by atoms with Gasteiger partial charge in [0.2, 0.25) is 0 Å². The second-order valence-electron chi connectivity index (χ2n) is 10.8. The highest BCUT2D eigenvalue weighted by Crippen LogP contribution is 2.66. The van der Waals surface area contributed by atoms with Crippen LogP contribution in [0.5, 0.6) is 0 Å². The fourth-order valence-electron chi connectivity index (χ4n) is 8.04. The number of aliphatic hydroxyl groups excluding tert-OH is 1. The van der Waals surface area contributed by atoms with Crippen LogP contribution < -0.4 is 0 Å². The lowest BCUT2D eigenvalue weighted by Crippen LogP contribution is -2.50. The molecule has 7 atom stereocenters. The van der Waals surface area contributed by atoms with Crippen LogP contribution in [0.25, 0.3) is 0 Å². The van der Waals surface area contributed by atoms with Gasteiger partial charge in [0.1, 0.15) is 0 Å². The van der Waals surface area contributed by atoms with Crippen LogP contribution >= 0.6 is 0 Å². The van der Waals surface area contributed by atoms with Crippen molar-refractivity contribution < 1.29 is 5.11 Å². The molecule has 0 aromatic carbocycles. The quantitative estimate of drug-likeness (QED) is 0.419. The van der Waals surface area contributed by atoms with Crippen molar-refractivity contribution in [2.45, 2.75) is 110 Å². The van der Waals surface area contributed by atoms with E-state index in [2.05, 4.69) is 26.8 Å². The molecule has 0 unspecified atom stereocenters. The van der Waals surface area contributed by atoms with Gasteiger partial charge in [0.05, 0.1) is 6.10 Å². The van der Waals surface area contributed by atoms with Gasteiger partial charge < -0.3 is 5.11 Å². The van der Waals surface area contributed by atoms with Gasteiger partial charge in [-0.3, -0.25) is 0 Å². The minimum absolute atomic E-state index is 0.0706. The van der Waals surface area contributed by atoms with Crippen molar-refractivity contribution in [1.82, 2.24) is 0 Å². The number of allylic oxidation sites excluding steroid dienone is 1. The molecule has 0 saturated heterocycles. The predicted molar refractivity (Wildman–Crippen MR) is 110 cm³/mol. The van der Waals surface area contributed by atoms with E-state index in [0.29, 0.717) is 10.8 Å². The van der Waals surface area contributed by atoms with Crippen LogP contribution in [-0.2, 0) is 0 Å². The molecular weight excluding hydrogens is 316 g/mol. The van der Waals surface area contributed by atoms with Crippen molar-refractivity contribution in [3.63, 3.8) is 0 Å². The van der Waals surface area contributed by atoms with Crippen molar-refractivity contribution in [1.29, 1.82) is 0 Å². The van der Waals surface area contributed by atoms with Gasteiger partial charge in [-0.2, -0.15) is 0 Å². The lowest BCUT2D eigenvalue weighted by atomic mass is 9.47. The third-order valence-corrected chi connectivity index (χ3v) is 9.68. The Morgan fingerprint density at radius 3 is 2.65 bits per heavy atom. The van der Waals surface area contributed by atoms with Crippen molar-refractivity contribution in [2.24, 2.45) is 34.5 Å². The van der Waals surface area contributed by atoms with Gasteiger partial charge in [-0.1, -0.05) is 58.1 Å². The summed E-state index contributed by atoms with van der Waals surface area (Å²) in [5, 5.41) is 10.2. The Labute approximate surface area is 162 Å². The van der Waals surface area contributed by atoms with Crippen molar-refractivity contribution in [3.8, 4) is 0 Å². The van der Waals surface area contributed by atoms with E-state index >= 15 is 0 Å². The van der Waals surface area contributed by atoms with Gasteiger partial charge in [-0.05, 0) is 92.3 Å². The van der Waals surface area contributed by atoms with Crippen LogP contribution in [0.1, 0.15) is 104 Å². The molecule has 1 nitrogen and oxygen atoms in total. The van der Waals surface area contributed by atoms with Crippen molar-refractivity contribution >= 4 is 0 Å². The molecule has 148 valence electrons. The zero-order chi connectivity index (χ0) is 18.4. The van der Waals surface area contributed by atoms with E-state index in [0.717, 1.165) is 36.5 Å². The standard InChI is InChI=1S/C25H42O/c1-4-5-6-7-8-18-10-12-22-21-11-9-19-17-20(26)13-15-25(19,3)23(21)14-16-24(18,22)2/h9,18,20-23,26H,4-8,10-17H2,1-3H3/t18-,20-,21-,22-,23-,24+,25-/m0/s1. The van der Waals surface area contributed by atoms with E-state index in [1.807, 2.05) is 0 Å². The molecule has 3 saturated carbocycles. The lowest BCUT2D eigenvalue weighted by Gasteiger charge is -2.58. The van der Waals surface area contributed by atoms with Crippen LogP contribution in [0.3, 0.4) is 0 Å². The van der Waals surface area contributed by atoms with E-state index in [4.69, 9.17) is 0 Å². The van der Waals surface area contributed by atoms with Gasteiger partial charge in [-0.25, -0.2) is 0 Å². The van der Waals surface area contributed by atoms with Gasteiger partial charge in [-0.15, -0.1) is 0 Å². The summed E-state index contributed by atoms with van der Waals surface area (Å²) in [6.07, 6.45) is 20.2. The zero-order valence-electron chi connectivity index (χ0n) is 17.6. The highest BCUT2D eigenvalue weighted by Gasteiger charge is 2.58. The zero-order valence-corrected chi connectivity index (χ0v) is 17.6. The fraction of sp³-hybridized carbons (Fsp3) is 0.920. The molecule has 26 heavy (non-hydrogen) atoms. The molecule has 3 fully saturated rings. The highest BCUT2D eigenvalue weighted by atomic mass is 16.3. The summed E-state index contributed by atoms with van der Waals surface area (Å²) < 4.78 is 0. The summed E-state index contributed by atoms with van der Waals surface area (Å²) in [7, 11) is 0. The predicted octanol–water partition coefficient (Wildman–Crippen LogP) is 6.90. The first-order valence-electron chi connectivity index (χ1n) is 11.9. The molecule has 0 amide bonds. The maximum atomic E-state index is 10.2. The number of rotatable bonds is 5. The van der Waals surface area contributed by atoms with Crippen molar-refractivity contribution in [3.05, 3.63) is 11.6 Å². The topological polar surface area (TPSA) is 20.2 Å². The first kappa shape index (κ1) is 19.0. The molecule has 0 aliphatic heterocycles. The van der Waals surface area contributed by atoms with Crippen molar-refractivity contribution in [2.75, 3.05) is 0 Å². The molecule has 4 rings (SSSR count). The average Bonchev–Trinajstić information content (AvgIpc) is 2.96. The summed E-state index contributed by atoms with van der Waals surface area (Å²) >= 11 is 0. The maximum Gasteiger partial charge on any atom is 0.0577 e. The Morgan fingerprint density at radius 1 is 1.00 bits per heavy atom. The van der Waals surface area contributed by atoms with Crippen LogP contribution in [-0.4, -0.2) is 11.2 Å². The van der Waals surface area contributed by atoms with Gasteiger partial charge >= 0.3 is 0 Å². The Morgan fingerprint density at radius 2 is 1.85 bits per heavy atom. The number of hydrogen-bond acceptors (Lipinski definition) is 1. The Kier molecular flexibility index (Phi) is 5.32. The first-order valence-corrected chi connectivity index (χ1v) is 11.9. The molecule has 0 radical (unpaired) electrons. The number of aliphatic hydroxyl groups is 1. The average molecular weight is 359 g/mol. The van der Waals surface area contributed by atoms with E-state index in [-0.39, 0.29) is 6.10 Å². The summed E-state index contributed by atoms with van der Waals surface area (Å²) in [5.41, 5.74) is 2.65. The summed E-state index contributed by atoms with van der Waals surface area (Å²) in [4.78, 5) is 0. The highest BCUT2D eigenvalue weighted by molar-refractivity contribution is 5.25. The maximum absolute atomic E-state index is 10.2. The molecule has 4 aliphatic rings. The molecule has 4 aliphatic carbocycles. The van der Waals surface area contributed by atoms with Gasteiger partial charge in [0.25, 0.3) is 0 Å². The lowest BCUT2D eigenvalue weighted by molar-refractivity contribution is -0.0508. The molecule has 1 N–H and O–H groups in total. The van der Waals surface area contributed by atoms with E-state index in [1.165, 1.54) is 70.6 Å². The van der Waals surface area contributed by atoms with E-state index in [1.54, 1.807) is 5.57 Å². The molecular formula is C25H42O. The van der Waals surface area contributed by atoms with Gasteiger partial charge in [0.15, 0.2) is 0 Å². The van der Waals surface area contributed by atoms with E-state index in [9.17, 15) is 5.11 Å². The van der Waals surface area contributed by atoms with Crippen LogP contribution in [0, 0.1) is 34.5 Å². The second-order valence-corrected chi connectivity index (χ2v) is 10.8. The molecule has 0 aromatic heterocycles. The molecule has 0 bridgehead atoms. The van der Waals surface area contributed by atoms with Gasteiger partial charge in [0, 0.05) is 0 Å². The Balaban J connectivity index is 1.49. The normalized spacial score (nSPS) is 47.7. The molecule has 1 heteroatoms. The minimum atomic E-state index is -0.0706. The smallest absolute Gasteiger partial charge is 0.0577 e. The summed E-state index contributed by atoms with van der Waals surface area (Å²) in [5.74, 6) is 3.79. The summed E-state index contributed by atoms with van der Waals surface area (Å²) in [6, 6.07) is 0. The largest absolute Gasteiger partial charge is 0.393 e. The second kappa shape index (κ2) is 7.26. The third-order valence-electron chi connectivity index (χ3n) is 9.68.